The topological polar surface area (TPSA) is 37.4 Å². The third-order valence-corrected chi connectivity index (χ3v) is 4.05. The van der Waals surface area contributed by atoms with Crippen LogP contribution in [0.25, 0.3) is 0 Å². The van der Waals surface area contributed by atoms with Crippen molar-refractivity contribution in [2.75, 3.05) is 13.1 Å². The Kier molecular flexibility index (Phi) is 4.97. The van der Waals surface area contributed by atoms with Crippen molar-refractivity contribution in [3.05, 3.63) is 0 Å². The minimum absolute atomic E-state index is 0.224. The second-order valence-electron chi connectivity index (χ2n) is 5.00. The predicted octanol–water partition coefficient (Wildman–Crippen LogP) is 2.11. The van der Waals surface area contributed by atoms with Crippen LogP contribution in [0.15, 0.2) is 0 Å². The SMILES string of the molecule is CCC(C)C(C)C1CC(=O)N(CCC=O)C1. The zero-order valence-electron chi connectivity index (χ0n) is 10.6. The summed E-state index contributed by atoms with van der Waals surface area (Å²) in [7, 11) is 0. The molecule has 0 spiro atoms. The monoisotopic (exact) mass is 225 g/mol. The molecular formula is C13H23NO2. The normalized spacial score (nSPS) is 24.6. The fourth-order valence-electron chi connectivity index (χ4n) is 2.42. The molecule has 0 aliphatic carbocycles. The van der Waals surface area contributed by atoms with Crippen molar-refractivity contribution in [3.8, 4) is 0 Å². The molecule has 3 atom stereocenters. The molecule has 0 radical (unpaired) electrons. The number of amides is 1. The minimum atomic E-state index is 0.224. The highest BCUT2D eigenvalue weighted by Crippen LogP contribution is 2.31. The average molecular weight is 225 g/mol. The van der Waals surface area contributed by atoms with Gasteiger partial charge in [-0.3, -0.25) is 4.79 Å². The van der Waals surface area contributed by atoms with E-state index in [1.807, 2.05) is 4.90 Å². The molecule has 1 aliphatic rings. The molecule has 1 heterocycles. The molecule has 3 unspecified atom stereocenters. The Bertz CT molecular complexity index is 252. The van der Waals surface area contributed by atoms with Gasteiger partial charge in [-0.05, 0) is 17.8 Å². The summed E-state index contributed by atoms with van der Waals surface area (Å²) in [5.74, 6) is 1.97. The van der Waals surface area contributed by atoms with Crippen LogP contribution in [-0.4, -0.2) is 30.2 Å². The van der Waals surface area contributed by atoms with Crippen LogP contribution < -0.4 is 0 Å². The summed E-state index contributed by atoms with van der Waals surface area (Å²) in [4.78, 5) is 23.9. The fraction of sp³-hybridized carbons (Fsp3) is 0.846. The van der Waals surface area contributed by atoms with Gasteiger partial charge in [0.15, 0.2) is 0 Å². The molecule has 0 aromatic carbocycles. The summed E-state index contributed by atoms with van der Waals surface area (Å²) in [5, 5.41) is 0. The number of hydrogen-bond acceptors (Lipinski definition) is 2. The van der Waals surface area contributed by atoms with Crippen LogP contribution in [0, 0.1) is 17.8 Å². The molecule has 92 valence electrons. The van der Waals surface area contributed by atoms with Crippen molar-refractivity contribution >= 4 is 12.2 Å². The third-order valence-electron chi connectivity index (χ3n) is 4.05. The van der Waals surface area contributed by atoms with Crippen molar-refractivity contribution in [2.45, 2.75) is 40.0 Å². The summed E-state index contributed by atoms with van der Waals surface area (Å²) in [5.41, 5.74) is 0. The zero-order chi connectivity index (χ0) is 12.1. The van der Waals surface area contributed by atoms with Gasteiger partial charge in [0.2, 0.25) is 5.91 Å². The number of hydrogen-bond donors (Lipinski definition) is 0. The number of carbonyl (C=O) groups excluding carboxylic acids is 2. The van der Waals surface area contributed by atoms with E-state index in [4.69, 9.17) is 0 Å². The van der Waals surface area contributed by atoms with Gasteiger partial charge in [-0.25, -0.2) is 0 Å². The van der Waals surface area contributed by atoms with E-state index < -0.39 is 0 Å². The Morgan fingerprint density at radius 1 is 1.50 bits per heavy atom. The molecule has 0 N–H and O–H groups in total. The van der Waals surface area contributed by atoms with Gasteiger partial charge in [-0.15, -0.1) is 0 Å². The number of likely N-dealkylation sites (tertiary alicyclic amines) is 1. The highest BCUT2D eigenvalue weighted by Gasteiger charge is 2.33. The van der Waals surface area contributed by atoms with Gasteiger partial charge in [0.25, 0.3) is 0 Å². The first-order chi connectivity index (χ1) is 7.60. The number of carbonyl (C=O) groups is 2. The molecule has 0 saturated carbocycles. The van der Waals surface area contributed by atoms with Crippen LogP contribution in [0.3, 0.4) is 0 Å². The van der Waals surface area contributed by atoms with E-state index in [-0.39, 0.29) is 5.91 Å². The van der Waals surface area contributed by atoms with Crippen molar-refractivity contribution in [2.24, 2.45) is 17.8 Å². The van der Waals surface area contributed by atoms with E-state index in [0.717, 1.165) is 12.8 Å². The largest absolute Gasteiger partial charge is 0.342 e. The van der Waals surface area contributed by atoms with E-state index in [1.54, 1.807) is 0 Å². The molecule has 1 saturated heterocycles. The summed E-state index contributed by atoms with van der Waals surface area (Å²) >= 11 is 0. The second-order valence-corrected chi connectivity index (χ2v) is 5.00. The summed E-state index contributed by atoms with van der Waals surface area (Å²) in [6.07, 6.45) is 3.19. The van der Waals surface area contributed by atoms with Gasteiger partial charge >= 0.3 is 0 Å². The second kappa shape index (κ2) is 6.02. The first-order valence-corrected chi connectivity index (χ1v) is 6.31. The van der Waals surface area contributed by atoms with Gasteiger partial charge in [-0.2, -0.15) is 0 Å². The third kappa shape index (κ3) is 3.06. The van der Waals surface area contributed by atoms with Gasteiger partial charge in [0, 0.05) is 25.9 Å². The van der Waals surface area contributed by atoms with Crippen LogP contribution in [-0.2, 0) is 9.59 Å². The lowest BCUT2D eigenvalue weighted by atomic mass is 9.82. The summed E-state index contributed by atoms with van der Waals surface area (Å²) in [6, 6.07) is 0. The fourth-order valence-corrected chi connectivity index (χ4v) is 2.42. The lowest BCUT2D eigenvalue weighted by Gasteiger charge is -2.24. The quantitative estimate of drug-likeness (QED) is 0.649. The highest BCUT2D eigenvalue weighted by molar-refractivity contribution is 5.78. The van der Waals surface area contributed by atoms with Gasteiger partial charge in [0.05, 0.1) is 0 Å². The molecular weight excluding hydrogens is 202 g/mol. The smallest absolute Gasteiger partial charge is 0.222 e. The first kappa shape index (κ1) is 13.2. The van der Waals surface area contributed by atoms with Crippen LogP contribution >= 0.6 is 0 Å². The number of aldehydes is 1. The number of nitrogens with zero attached hydrogens (tertiary/aromatic N) is 1. The Labute approximate surface area is 98.2 Å². The standard InChI is InChI=1S/C13H23NO2/c1-4-10(2)11(3)12-8-13(16)14(9-12)6-5-7-15/h7,10-12H,4-6,8-9H2,1-3H3. The molecule has 0 aromatic rings. The predicted molar refractivity (Wildman–Crippen MR) is 64.0 cm³/mol. The first-order valence-electron chi connectivity index (χ1n) is 6.31. The molecule has 3 nitrogen and oxygen atoms in total. The van der Waals surface area contributed by atoms with Crippen molar-refractivity contribution in [1.29, 1.82) is 0 Å². The molecule has 3 heteroatoms. The van der Waals surface area contributed by atoms with Crippen LogP contribution in [0.5, 0.6) is 0 Å². The Hall–Kier alpha value is -0.860. The van der Waals surface area contributed by atoms with Crippen LogP contribution in [0.4, 0.5) is 0 Å². The van der Waals surface area contributed by atoms with Crippen molar-refractivity contribution in [1.82, 2.24) is 4.90 Å². The molecule has 1 rings (SSSR count). The maximum atomic E-state index is 11.7. The molecule has 1 aliphatic heterocycles. The summed E-state index contributed by atoms with van der Waals surface area (Å²) in [6.45, 7) is 8.14. The lowest BCUT2D eigenvalue weighted by molar-refractivity contribution is -0.127. The highest BCUT2D eigenvalue weighted by atomic mass is 16.2. The maximum Gasteiger partial charge on any atom is 0.222 e. The van der Waals surface area contributed by atoms with Crippen molar-refractivity contribution < 1.29 is 9.59 Å². The molecule has 16 heavy (non-hydrogen) atoms. The Balaban J connectivity index is 2.48. The Morgan fingerprint density at radius 3 is 2.75 bits per heavy atom. The average Bonchev–Trinajstić information content (AvgIpc) is 2.66. The molecule has 0 bridgehead atoms. The number of rotatable bonds is 6. The van der Waals surface area contributed by atoms with Gasteiger partial charge < -0.3 is 9.69 Å². The van der Waals surface area contributed by atoms with Gasteiger partial charge in [0.1, 0.15) is 6.29 Å². The van der Waals surface area contributed by atoms with E-state index in [9.17, 15) is 9.59 Å². The van der Waals surface area contributed by atoms with Crippen LogP contribution in [0.1, 0.15) is 40.0 Å². The lowest BCUT2D eigenvalue weighted by Crippen LogP contribution is -2.28. The summed E-state index contributed by atoms with van der Waals surface area (Å²) < 4.78 is 0. The van der Waals surface area contributed by atoms with E-state index in [1.165, 1.54) is 6.42 Å². The molecule has 1 fully saturated rings. The molecule has 0 aromatic heterocycles. The van der Waals surface area contributed by atoms with E-state index in [0.29, 0.717) is 37.1 Å². The van der Waals surface area contributed by atoms with Crippen molar-refractivity contribution in [3.63, 3.8) is 0 Å². The zero-order valence-corrected chi connectivity index (χ0v) is 10.6. The van der Waals surface area contributed by atoms with E-state index in [2.05, 4.69) is 20.8 Å². The van der Waals surface area contributed by atoms with Crippen LogP contribution in [0.2, 0.25) is 0 Å². The van der Waals surface area contributed by atoms with E-state index >= 15 is 0 Å². The van der Waals surface area contributed by atoms with Gasteiger partial charge in [-0.1, -0.05) is 27.2 Å². The minimum Gasteiger partial charge on any atom is -0.342 e. The molecule has 1 amide bonds. The Morgan fingerprint density at radius 2 is 2.19 bits per heavy atom. The maximum absolute atomic E-state index is 11.7.